The molecule has 0 bridgehead atoms. The predicted octanol–water partition coefficient (Wildman–Crippen LogP) is -2.97. The van der Waals surface area contributed by atoms with E-state index in [2.05, 4.69) is 0 Å². The van der Waals surface area contributed by atoms with Crippen LogP contribution in [-0.4, -0.2) is 34.7 Å². The van der Waals surface area contributed by atoms with E-state index in [0.717, 1.165) is 6.07 Å². The van der Waals surface area contributed by atoms with Crippen molar-refractivity contribution >= 4 is 11.9 Å². The van der Waals surface area contributed by atoms with Crippen LogP contribution in [0.5, 0.6) is 0 Å². The molecule has 0 saturated carbocycles. The fourth-order valence-corrected chi connectivity index (χ4v) is 2.38. The molecule has 1 heterocycles. The Morgan fingerprint density at radius 3 is 2.58 bits per heavy atom. The number of aromatic carboxylic acids is 1. The van der Waals surface area contributed by atoms with Crippen molar-refractivity contribution in [3.05, 3.63) is 35.1 Å². The monoisotopic (exact) mass is 289 g/mol. The van der Waals surface area contributed by atoms with Crippen LogP contribution < -0.4 is 17.7 Å². The van der Waals surface area contributed by atoms with E-state index in [9.17, 15) is 14.0 Å². The zero-order valence-electron chi connectivity index (χ0n) is 9.85. The van der Waals surface area contributed by atoms with E-state index in [1.807, 2.05) is 0 Å². The first-order valence-electron chi connectivity index (χ1n) is 5.59. The summed E-state index contributed by atoms with van der Waals surface area (Å²) in [5.74, 6) is -3.36. The van der Waals surface area contributed by atoms with Crippen LogP contribution in [0.25, 0.3) is 0 Å². The van der Waals surface area contributed by atoms with Crippen molar-refractivity contribution in [3.8, 4) is 0 Å². The lowest BCUT2D eigenvalue weighted by Crippen LogP contribution is -3.00. The Hall–Kier alpha value is -1.66. The van der Waals surface area contributed by atoms with Gasteiger partial charge in [-0.15, -0.1) is 0 Å². The van der Waals surface area contributed by atoms with E-state index in [0.29, 0.717) is 18.5 Å². The molecule has 0 amide bonds. The fraction of sp³-hybridized carbons (Fsp3) is 0.333. The third kappa shape index (κ3) is 3.02. The molecule has 7 heteroatoms. The quantitative estimate of drug-likeness (QED) is 0.554. The van der Waals surface area contributed by atoms with E-state index >= 15 is 0 Å². The molecule has 1 fully saturated rings. The van der Waals surface area contributed by atoms with Gasteiger partial charge >= 0.3 is 11.9 Å². The molecule has 4 N–H and O–H groups in total. The third-order valence-electron chi connectivity index (χ3n) is 3.27. The Morgan fingerprint density at radius 1 is 1.32 bits per heavy atom. The van der Waals surface area contributed by atoms with Gasteiger partial charge in [0.25, 0.3) is 0 Å². The molecule has 2 rings (SSSR count). The highest BCUT2D eigenvalue weighted by Gasteiger charge is 2.38. The van der Waals surface area contributed by atoms with Crippen LogP contribution >= 0.6 is 0 Å². The van der Waals surface area contributed by atoms with E-state index in [4.69, 9.17) is 10.2 Å². The summed E-state index contributed by atoms with van der Waals surface area (Å²) in [5.41, 5.74) is 0.151. The van der Waals surface area contributed by atoms with Crippen LogP contribution in [0.3, 0.4) is 0 Å². The van der Waals surface area contributed by atoms with Crippen LogP contribution in [0, 0.1) is 5.82 Å². The number of hydrogen-bond acceptors (Lipinski definition) is 2. The van der Waals surface area contributed by atoms with Crippen molar-refractivity contribution in [2.45, 2.75) is 18.4 Å². The molecule has 1 aromatic rings. The van der Waals surface area contributed by atoms with Gasteiger partial charge in [-0.2, -0.15) is 0 Å². The maximum absolute atomic E-state index is 13.3. The van der Waals surface area contributed by atoms with Crippen molar-refractivity contribution < 1.29 is 41.9 Å². The largest absolute Gasteiger partial charge is 1.00 e. The summed E-state index contributed by atoms with van der Waals surface area (Å²) in [6.07, 6.45) is 0.641. The van der Waals surface area contributed by atoms with Crippen LogP contribution in [0.2, 0.25) is 0 Å². The molecule has 104 valence electrons. The summed E-state index contributed by atoms with van der Waals surface area (Å²) >= 11 is 0. The molecule has 2 atom stereocenters. The number of carboxylic acid groups (broad SMARTS) is 2. The highest BCUT2D eigenvalue weighted by molar-refractivity contribution is 5.88. The zero-order valence-corrected chi connectivity index (χ0v) is 10.6. The smallest absolute Gasteiger partial charge is 0.363 e. The van der Waals surface area contributed by atoms with E-state index in [-0.39, 0.29) is 18.3 Å². The fourth-order valence-electron chi connectivity index (χ4n) is 2.38. The van der Waals surface area contributed by atoms with Gasteiger partial charge < -0.3 is 27.9 Å². The molecule has 0 aromatic heterocycles. The van der Waals surface area contributed by atoms with Gasteiger partial charge in [-0.3, -0.25) is 0 Å². The number of carbonyl (C=O) groups is 2. The summed E-state index contributed by atoms with van der Waals surface area (Å²) in [7, 11) is 0. The lowest BCUT2D eigenvalue weighted by atomic mass is 9.91. The summed E-state index contributed by atoms with van der Waals surface area (Å²) in [6, 6.07) is 3.15. The van der Waals surface area contributed by atoms with Crippen molar-refractivity contribution in [1.82, 2.24) is 0 Å². The van der Waals surface area contributed by atoms with Gasteiger partial charge in [-0.25, -0.2) is 14.0 Å². The first-order valence-corrected chi connectivity index (χ1v) is 5.59. The molecule has 0 spiro atoms. The number of rotatable bonds is 3. The molecule has 1 saturated heterocycles. The molecule has 0 aliphatic carbocycles. The minimum atomic E-state index is -1.34. The summed E-state index contributed by atoms with van der Waals surface area (Å²) in [5, 5.41) is 19.6. The first kappa shape index (κ1) is 15.4. The topological polar surface area (TPSA) is 91.2 Å². The molecule has 1 aromatic carbocycles. The Bertz CT molecular complexity index is 509. The minimum Gasteiger partial charge on any atom is -1.00 e. The van der Waals surface area contributed by atoms with Crippen LogP contribution in [-0.2, 0) is 4.79 Å². The van der Waals surface area contributed by atoms with Crippen LogP contribution in [0.15, 0.2) is 18.2 Å². The first-order chi connectivity index (χ1) is 8.50. The number of halogens is 2. The number of carboxylic acids is 2. The van der Waals surface area contributed by atoms with Gasteiger partial charge in [0.1, 0.15) is 5.82 Å². The Balaban J connectivity index is 0.00000180. The molecule has 1 aliphatic rings. The summed E-state index contributed by atoms with van der Waals surface area (Å²) in [4.78, 5) is 21.9. The van der Waals surface area contributed by atoms with Gasteiger partial charge in [0.2, 0.25) is 0 Å². The second-order valence-electron chi connectivity index (χ2n) is 4.33. The van der Waals surface area contributed by atoms with E-state index in [1.54, 1.807) is 5.32 Å². The molecular formula is C12H13ClFNO4. The standard InChI is InChI=1S/C12H12FNO4.ClH/c13-9-2-1-6(5-8(9)11(15)16)7-3-4-14-10(7)12(17)18;/h1-2,5,7,10,14H,3-4H2,(H,15,16)(H,17,18);1H/t7-,10+;/m1./s1. The number of nitrogens with two attached hydrogens (primary N) is 1. The van der Waals surface area contributed by atoms with Gasteiger partial charge in [-0.1, -0.05) is 6.07 Å². The molecule has 0 unspecified atom stereocenters. The van der Waals surface area contributed by atoms with Crippen molar-refractivity contribution in [3.63, 3.8) is 0 Å². The second kappa shape index (κ2) is 5.99. The molecule has 5 nitrogen and oxygen atoms in total. The lowest BCUT2D eigenvalue weighted by Gasteiger charge is -2.13. The Kier molecular flexibility index (Phi) is 4.85. The van der Waals surface area contributed by atoms with Crippen LogP contribution in [0.4, 0.5) is 4.39 Å². The Labute approximate surface area is 114 Å². The minimum absolute atomic E-state index is 0. The van der Waals surface area contributed by atoms with Gasteiger partial charge in [0.15, 0.2) is 6.04 Å². The van der Waals surface area contributed by atoms with Crippen molar-refractivity contribution in [2.24, 2.45) is 0 Å². The number of quaternary nitrogens is 1. The highest BCUT2D eigenvalue weighted by atomic mass is 35.5. The Morgan fingerprint density at radius 2 is 2.00 bits per heavy atom. The normalized spacial score (nSPS) is 21.7. The predicted molar refractivity (Wildman–Crippen MR) is 58.9 cm³/mol. The second-order valence-corrected chi connectivity index (χ2v) is 4.33. The zero-order chi connectivity index (χ0) is 13.3. The van der Waals surface area contributed by atoms with E-state index < -0.39 is 29.4 Å². The molecule has 19 heavy (non-hydrogen) atoms. The summed E-state index contributed by atoms with van der Waals surface area (Å²) < 4.78 is 13.3. The maximum atomic E-state index is 13.3. The number of hydrogen-bond donors (Lipinski definition) is 3. The van der Waals surface area contributed by atoms with Gasteiger partial charge in [0.05, 0.1) is 18.0 Å². The van der Waals surface area contributed by atoms with Gasteiger partial charge in [-0.05, 0) is 17.7 Å². The van der Waals surface area contributed by atoms with Crippen LogP contribution in [0.1, 0.15) is 28.3 Å². The molecule has 0 radical (unpaired) electrons. The molecular weight excluding hydrogens is 277 g/mol. The maximum Gasteiger partial charge on any atom is 0.363 e. The average Bonchev–Trinajstić information content (AvgIpc) is 2.78. The van der Waals surface area contributed by atoms with Crippen molar-refractivity contribution in [1.29, 1.82) is 0 Å². The summed E-state index contributed by atoms with van der Waals surface area (Å²) in [6.45, 7) is 0.668. The highest BCUT2D eigenvalue weighted by Crippen LogP contribution is 2.26. The average molecular weight is 290 g/mol. The number of benzene rings is 1. The van der Waals surface area contributed by atoms with Gasteiger partial charge in [0, 0.05) is 6.42 Å². The SMILES string of the molecule is O=C(O)c1cc([C@H]2CC[NH2+][C@@H]2C(=O)O)ccc1F.[Cl-]. The third-order valence-corrected chi connectivity index (χ3v) is 3.27. The number of aliphatic carboxylic acids is 1. The lowest BCUT2D eigenvalue weighted by molar-refractivity contribution is -0.660. The van der Waals surface area contributed by atoms with E-state index in [1.165, 1.54) is 12.1 Å². The molecule has 1 aliphatic heterocycles. The van der Waals surface area contributed by atoms with Crippen molar-refractivity contribution in [2.75, 3.05) is 6.54 Å².